The van der Waals surface area contributed by atoms with Gasteiger partial charge in [0, 0.05) is 0 Å². The van der Waals surface area contributed by atoms with Crippen LogP contribution in [0.25, 0.3) is 11.0 Å². The van der Waals surface area contributed by atoms with E-state index in [1.54, 1.807) is 0 Å². The van der Waals surface area contributed by atoms with E-state index in [9.17, 15) is 0 Å². The first-order valence-electron chi connectivity index (χ1n) is 7.85. The van der Waals surface area contributed by atoms with Crippen molar-refractivity contribution in [2.75, 3.05) is 0 Å². The van der Waals surface area contributed by atoms with Crippen molar-refractivity contribution < 1.29 is 32.1 Å². The fraction of sp³-hybridized carbons (Fsp3) is 0.529. The van der Waals surface area contributed by atoms with E-state index in [0.29, 0.717) is 0 Å². The van der Waals surface area contributed by atoms with Crippen molar-refractivity contribution in [3.05, 3.63) is 30.3 Å². The average molecular weight is 342 g/mol. The summed E-state index contributed by atoms with van der Waals surface area (Å²) in [6.45, 7) is 12.0. The topological polar surface area (TPSA) is 40.8 Å². The standard InChI is InChI=1S/C8H5O.3C3H7O.Ti/c1-2-4-8-7(3-1)5-6-9-8;3*1-3(2)4;/h1-5H;3*3H,1-2H3;/q;3*-1;+3. The van der Waals surface area contributed by atoms with Crippen molar-refractivity contribution in [3.8, 4) is 0 Å². The summed E-state index contributed by atoms with van der Waals surface area (Å²) in [5.41, 5.74) is 0.833. The average Bonchev–Trinajstić information content (AvgIpc) is 2.80. The van der Waals surface area contributed by atoms with Crippen LogP contribution in [0.5, 0.6) is 0 Å². The summed E-state index contributed by atoms with van der Waals surface area (Å²) in [5.74, 6) is 0. The van der Waals surface area contributed by atoms with Crippen LogP contribution in [0.4, 0.5) is 0 Å². The second-order valence-electron chi connectivity index (χ2n) is 6.20. The molecule has 0 unspecified atom stereocenters. The van der Waals surface area contributed by atoms with Gasteiger partial charge in [-0.15, -0.1) is 0 Å². The van der Waals surface area contributed by atoms with Gasteiger partial charge in [0.15, 0.2) is 0 Å². The van der Waals surface area contributed by atoms with Crippen LogP contribution in [0, 0.1) is 0 Å². The third kappa shape index (κ3) is 4.21. The molecule has 0 aliphatic rings. The van der Waals surface area contributed by atoms with Crippen LogP contribution in [-0.2, 0) is 27.7 Å². The molecule has 1 aromatic carbocycles. The summed E-state index contributed by atoms with van der Waals surface area (Å²) in [7, 11) is 0. The van der Waals surface area contributed by atoms with E-state index in [-0.39, 0.29) is 18.3 Å². The number of para-hydroxylation sites is 1. The van der Waals surface area contributed by atoms with Crippen LogP contribution < -0.4 is 4.06 Å². The quantitative estimate of drug-likeness (QED) is 0.706. The maximum atomic E-state index is 6.22. The molecular formula is C17H26O4Ti. The van der Waals surface area contributed by atoms with E-state index in [1.807, 2.05) is 71.9 Å². The maximum absolute atomic E-state index is 6.22. The van der Waals surface area contributed by atoms with Gasteiger partial charge in [0.05, 0.1) is 0 Å². The van der Waals surface area contributed by atoms with Crippen LogP contribution in [0.1, 0.15) is 41.5 Å². The first kappa shape index (κ1) is 17.7. The molecule has 4 nitrogen and oxygen atoms in total. The predicted molar refractivity (Wildman–Crippen MR) is 84.5 cm³/mol. The molecule has 0 N–H and O–H groups in total. The van der Waals surface area contributed by atoms with Crippen molar-refractivity contribution >= 4 is 15.0 Å². The SMILES string of the molecule is CC(C)[O][Ti]([O]C(C)C)([O]C(C)C)[c]1cc2ccccc2o1. The number of rotatable bonds is 7. The molecule has 0 saturated carbocycles. The molecule has 2 aromatic rings. The van der Waals surface area contributed by atoms with E-state index in [2.05, 4.69) is 0 Å². The number of hydrogen-bond donors (Lipinski definition) is 0. The van der Waals surface area contributed by atoms with E-state index in [1.165, 1.54) is 0 Å². The van der Waals surface area contributed by atoms with Gasteiger partial charge in [0.1, 0.15) is 0 Å². The Kier molecular flexibility index (Phi) is 5.86. The van der Waals surface area contributed by atoms with Crippen molar-refractivity contribution in [2.24, 2.45) is 0 Å². The van der Waals surface area contributed by atoms with Crippen LogP contribution in [-0.4, -0.2) is 18.3 Å². The molecule has 122 valence electrons. The summed E-state index contributed by atoms with van der Waals surface area (Å²) in [4.78, 5) is 0. The molecular weight excluding hydrogens is 316 g/mol. The second-order valence-corrected chi connectivity index (χ2v) is 9.82. The molecule has 0 amide bonds. The Morgan fingerprint density at radius 2 is 1.32 bits per heavy atom. The molecule has 22 heavy (non-hydrogen) atoms. The Balaban J connectivity index is 2.52. The van der Waals surface area contributed by atoms with Gasteiger partial charge in [-0.3, -0.25) is 0 Å². The van der Waals surface area contributed by atoms with E-state index in [4.69, 9.17) is 14.4 Å². The molecule has 0 saturated heterocycles. The van der Waals surface area contributed by atoms with Crippen molar-refractivity contribution in [3.63, 3.8) is 0 Å². The Morgan fingerprint density at radius 1 is 0.818 bits per heavy atom. The molecule has 0 fully saturated rings. The minimum absolute atomic E-state index is 0.00529. The third-order valence-electron chi connectivity index (χ3n) is 2.90. The first-order chi connectivity index (χ1) is 10.3. The third-order valence-corrected chi connectivity index (χ3v) is 7.89. The Hall–Kier alpha value is -0.646. The molecule has 0 aliphatic heterocycles. The fourth-order valence-corrected chi connectivity index (χ4v) is 6.92. The zero-order chi connectivity index (χ0) is 16.3. The fourth-order valence-electron chi connectivity index (χ4n) is 2.32. The van der Waals surface area contributed by atoms with Gasteiger partial charge in [0.2, 0.25) is 0 Å². The summed E-state index contributed by atoms with van der Waals surface area (Å²) in [6, 6.07) is 9.93. The van der Waals surface area contributed by atoms with Crippen LogP contribution in [0.2, 0.25) is 0 Å². The predicted octanol–water partition coefficient (Wildman–Crippen LogP) is 4.23. The zero-order valence-electron chi connectivity index (χ0n) is 14.3. The monoisotopic (exact) mass is 342 g/mol. The van der Waals surface area contributed by atoms with Crippen molar-refractivity contribution in [1.82, 2.24) is 0 Å². The minimum atomic E-state index is -3.73. The van der Waals surface area contributed by atoms with Crippen LogP contribution >= 0.6 is 0 Å². The number of hydrogen-bond acceptors (Lipinski definition) is 4. The van der Waals surface area contributed by atoms with Crippen molar-refractivity contribution in [1.29, 1.82) is 0 Å². The Labute approximate surface area is 137 Å². The van der Waals surface area contributed by atoms with E-state index < -0.39 is 17.8 Å². The second kappa shape index (κ2) is 7.28. The van der Waals surface area contributed by atoms with Gasteiger partial charge in [-0.25, -0.2) is 0 Å². The molecule has 0 aliphatic carbocycles. The van der Waals surface area contributed by atoms with Crippen molar-refractivity contribution in [2.45, 2.75) is 59.9 Å². The van der Waals surface area contributed by atoms with Gasteiger partial charge in [-0.2, -0.15) is 0 Å². The van der Waals surface area contributed by atoms with Gasteiger partial charge in [0.25, 0.3) is 0 Å². The van der Waals surface area contributed by atoms with Crippen LogP contribution in [0.3, 0.4) is 0 Å². The molecule has 0 atom stereocenters. The summed E-state index contributed by atoms with van der Waals surface area (Å²) in [6.07, 6.45) is 0.0159. The van der Waals surface area contributed by atoms with Gasteiger partial charge in [-0.05, 0) is 0 Å². The molecule has 0 radical (unpaired) electrons. The summed E-state index contributed by atoms with van der Waals surface area (Å²) >= 11 is -3.73. The number of furan rings is 1. The molecule has 5 heteroatoms. The Bertz CT molecular complexity index is 544. The van der Waals surface area contributed by atoms with Gasteiger partial charge < -0.3 is 0 Å². The Morgan fingerprint density at radius 3 is 1.77 bits per heavy atom. The van der Waals surface area contributed by atoms with Gasteiger partial charge >= 0.3 is 137 Å². The van der Waals surface area contributed by atoms with E-state index >= 15 is 0 Å². The molecule has 1 heterocycles. The van der Waals surface area contributed by atoms with Gasteiger partial charge in [-0.1, -0.05) is 0 Å². The summed E-state index contributed by atoms with van der Waals surface area (Å²) < 4.78 is 25.4. The molecule has 1 aromatic heterocycles. The summed E-state index contributed by atoms with van der Waals surface area (Å²) in [5, 5.41) is 1.04. The normalized spacial score (nSPS) is 13.0. The number of benzene rings is 1. The number of fused-ring (bicyclic) bond motifs is 1. The molecule has 2 rings (SSSR count). The molecule has 0 bridgehead atoms. The zero-order valence-corrected chi connectivity index (χ0v) is 15.8. The molecule has 0 spiro atoms. The van der Waals surface area contributed by atoms with E-state index in [0.717, 1.165) is 15.0 Å². The van der Waals surface area contributed by atoms with Crippen LogP contribution in [0.15, 0.2) is 34.7 Å². The first-order valence-corrected chi connectivity index (χ1v) is 10.5.